The molecule has 0 aromatic heterocycles. The number of fused-ring (bicyclic) bond motifs is 2. The van der Waals surface area contributed by atoms with Gasteiger partial charge >= 0.3 is 5.97 Å². The monoisotopic (exact) mass is 529 g/mol. The minimum atomic E-state index is -2.18. The van der Waals surface area contributed by atoms with Crippen molar-refractivity contribution in [2.75, 3.05) is 5.32 Å². The van der Waals surface area contributed by atoms with Crippen LogP contribution in [0.2, 0.25) is 10.0 Å². The number of benzene rings is 1. The molecule has 4 nitrogen and oxygen atoms in total. The Kier molecular flexibility index (Phi) is 5.59. The SMILES string of the molecule is O=C(Nc1cccc(Cl)c1Cl)[C@@H]1[C@H](C(=O)O)[C@@]2(Cl)C(Cl)=C(Cl)[C@@]1(Cl)C2(Cl)Cl. The predicted molar refractivity (Wildman–Crippen MR) is 110 cm³/mol. The Balaban J connectivity index is 2.13. The molecule has 12 heteroatoms. The molecule has 0 aliphatic heterocycles. The number of alkyl halides is 4. The maximum atomic E-state index is 13.0. The molecule has 2 bridgehead atoms. The summed E-state index contributed by atoms with van der Waals surface area (Å²) in [7, 11) is 0. The van der Waals surface area contributed by atoms with Gasteiger partial charge in [0.1, 0.15) is 9.75 Å². The largest absolute Gasteiger partial charge is 0.481 e. The van der Waals surface area contributed by atoms with Crippen molar-refractivity contribution in [1.29, 1.82) is 0 Å². The first-order chi connectivity index (χ1) is 12.3. The molecule has 1 aromatic carbocycles. The fourth-order valence-corrected chi connectivity index (χ4v) is 6.72. The van der Waals surface area contributed by atoms with Gasteiger partial charge in [-0.1, -0.05) is 75.7 Å². The van der Waals surface area contributed by atoms with Gasteiger partial charge in [-0.05, 0) is 12.1 Å². The number of aliphatic carboxylic acids is 1. The van der Waals surface area contributed by atoms with Crippen LogP contribution >= 0.6 is 92.8 Å². The smallest absolute Gasteiger partial charge is 0.309 e. The number of hydrogen-bond donors (Lipinski definition) is 2. The van der Waals surface area contributed by atoms with Gasteiger partial charge in [0.15, 0.2) is 4.33 Å². The summed E-state index contributed by atoms with van der Waals surface area (Å²) in [5, 5.41) is 11.8. The maximum Gasteiger partial charge on any atom is 0.309 e. The molecular formula is C15H7Cl8NO3. The number of halogens is 8. The summed E-state index contributed by atoms with van der Waals surface area (Å²) in [6.07, 6.45) is 0. The van der Waals surface area contributed by atoms with Crippen molar-refractivity contribution >= 4 is 110 Å². The number of allylic oxidation sites excluding steroid dienone is 2. The van der Waals surface area contributed by atoms with Crippen LogP contribution in [-0.2, 0) is 9.59 Å². The van der Waals surface area contributed by atoms with E-state index in [9.17, 15) is 14.7 Å². The van der Waals surface area contributed by atoms with E-state index >= 15 is 0 Å². The average Bonchev–Trinajstić information content (AvgIpc) is 2.79. The lowest BCUT2D eigenvalue weighted by atomic mass is 9.81. The third-order valence-electron chi connectivity index (χ3n) is 4.69. The maximum absolute atomic E-state index is 13.0. The standard InChI is InChI=1S/C15H7Cl8NO3/c16-4-2-1-3-5(8(4)17)24-11(25)6-7(12(26)27)14(21)10(19)9(18)13(6,20)15(14,22)23/h1-3,6-7H,(H,24,25)(H,26,27)/t6-,7+,13+,14+/m0/s1. The van der Waals surface area contributed by atoms with E-state index in [4.69, 9.17) is 92.8 Å². The molecule has 2 aliphatic carbocycles. The summed E-state index contributed by atoms with van der Waals surface area (Å²) in [5.74, 6) is -5.57. The topological polar surface area (TPSA) is 66.4 Å². The van der Waals surface area contributed by atoms with Crippen molar-refractivity contribution in [3.8, 4) is 0 Å². The fourth-order valence-electron chi connectivity index (χ4n) is 3.44. The van der Waals surface area contributed by atoms with E-state index in [1.165, 1.54) is 18.2 Å². The number of nitrogens with one attached hydrogen (secondary N) is 1. The highest BCUT2D eigenvalue weighted by Crippen LogP contribution is 2.76. The van der Waals surface area contributed by atoms with Gasteiger partial charge in [-0.3, -0.25) is 9.59 Å². The Bertz CT molecular complexity index is 903. The van der Waals surface area contributed by atoms with Gasteiger partial charge in [-0.25, -0.2) is 0 Å². The molecule has 146 valence electrons. The minimum absolute atomic E-state index is 0.0504. The highest BCUT2D eigenvalue weighted by atomic mass is 35.5. The number of carbonyl (C=O) groups excluding carboxylic acids is 1. The van der Waals surface area contributed by atoms with Gasteiger partial charge in [0.2, 0.25) is 5.91 Å². The van der Waals surface area contributed by atoms with Crippen molar-refractivity contribution in [3.05, 3.63) is 38.3 Å². The molecule has 1 fully saturated rings. The normalized spacial score (nSPS) is 34.1. The van der Waals surface area contributed by atoms with Crippen LogP contribution in [0.1, 0.15) is 0 Å². The lowest BCUT2D eigenvalue weighted by Crippen LogP contribution is -2.47. The van der Waals surface area contributed by atoms with Crippen LogP contribution in [0.15, 0.2) is 28.3 Å². The van der Waals surface area contributed by atoms with Gasteiger partial charge in [0.25, 0.3) is 0 Å². The minimum Gasteiger partial charge on any atom is -0.481 e. The molecule has 27 heavy (non-hydrogen) atoms. The van der Waals surface area contributed by atoms with Crippen LogP contribution in [-0.4, -0.2) is 31.1 Å². The summed E-state index contributed by atoms with van der Waals surface area (Å²) < 4.78 is -2.18. The molecule has 2 N–H and O–H groups in total. The van der Waals surface area contributed by atoms with E-state index < -0.39 is 37.8 Å². The van der Waals surface area contributed by atoms with E-state index in [2.05, 4.69) is 5.32 Å². The predicted octanol–water partition coefficient (Wildman–Crippen LogP) is 6.09. The summed E-state index contributed by atoms with van der Waals surface area (Å²) in [4.78, 5) is 20.8. The van der Waals surface area contributed by atoms with E-state index in [1.807, 2.05) is 0 Å². The zero-order valence-corrected chi connectivity index (χ0v) is 18.7. The second-order valence-electron chi connectivity index (χ2n) is 6.01. The van der Waals surface area contributed by atoms with Crippen LogP contribution in [0.4, 0.5) is 5.69 Å². The van der Waals surface area contributed by atoms with Crippen molar-refractivity contribution < 1.29 is 14.7 Å². The molecule has 3 rings (SSSR count). The fraction of sp³-hybridized carbons (Fsp3) is 0.333. The zero-order valence-electron chi connectivity index (χ0n) is 12.7. The van der Waals surface area contributed by atoms with Gasteiger partial charge in [-0.15, -0.1) is 23.2 Å². The van der Waals surface area contributed by atoms with Crippen LogP contribution in [0.5, 0.6) is 0 Å². The quantitative estimate of drug-likeness (QED) is 0.463. The molecule has 1 aromatic rings. The Labute approximate surface area is 193 Å². The van der Waals surface area contributed by atoms with Crippen molar-refractivity contribution in [3.63, 3.8) is 0 Å². The number of carbonyl (C=O) groups is 2. The third kappa shape index (κ3) is 2.65. The highest BCUT2D eigenvalue weighted by molar-refractivity contribution is 6.66. The van der Waals surface area contributed by atoms with Crippen LogP contribution < -0.4 is 5.32 Å². The van der Waals surface area contributed by atoms with Crippen LogP contribution in [0, 0.1) is 11.8 Å². The first kappa shape index (κ1) is 21.9. The van der Waals surface area contributed by atoms with E-state index in [0.29, 0.717) is 0 Å². The third-order valence-corrected chi connectivity index (χ3v) is 9.77. The van der Waals surface area contributed by atoms with Crippen LogP contribution in [0.3, 0.4) is 0 Å². The Hall–Kier alpha value is 0.220. The highest BCUT2D eigenvalue weighted by Gasteiger charge is 2.85. The summed E-state index contributed by atoms with van der Waals surface area (Å²) in [5.41, 5.74) is 0.130. The molecule has 4 atom stereocenters. The van der Waals surface area contributed by atoms with Crippen molar-refractivity contribution in [2.45, 2.75) is 14.1 Å². The summed E-state index contributed by atoms with van der Waals surface area (Å²) >= 11 is 50.0. The second kappa shape index (κ2) is 6.88. The number of rotatable bonds is 3. The van der Waals surface area contributed by atoms with Gasteiger partial charge in [0.05, 0.1) is 37.6 Å². The zero-order chi connectivity index (χ0) is 20.5. The molecule has 0 spiro atoms. The number of anilines is 1. The first-order valence-corrected chi connectivity index (χ1v) is 10.1. The molecule has 0 heterocycles. The number of amides is 1. The molecule has 1 saturated carbocycles. The molecule has 0 radical (unpaired) electrons. The first-order valence-electron chi connectivity index (χ1n) is 7.13. The molecular weight excluding hydrogens is 526 g/mol. The number of carboxylic acid groups (broad SMARTS) is 1. The van der Waals surface area contributed by atoms with E-state index in [0.717, 1.165) is 0 Å². The van der Waals surface area contributed by atoms with Gasteiger partial charge in [0, 0.05) is 0 Å². The van der Waals surface area contributed by atoms with Crippen molar-refractivity contribution in [2.24, 2.45) is 11.8 Å². The lowest BCUT2D eigenvalue weighted by molar-refractivity contribution is -0.146. The molecule has 0 saturated heterocycles. The van der Waals surface area contributed by atoms with E-state index in [-0.39, 0.29) is 25.8 Å². The van der Waals surface area contributed by atoms with E-state index in [1.54, 1.807) is 0 Å². The molecule has 0 unspecified atom stereocenters. The molecule has 1 amide bonds. The second-order valence-corrected chi connectivity index (χ2v) is 10.1. The van der Waals surface area contributed by atoms with Gasteiger partial charge in [-0.2, -0.15) is 0 Å². The Morgan fingerprint density at radius 2 is 1.44 bits per heavy atom. The van der Waals surface area contributed by atoms with Crippen molar-refractivity contribution in [1.82, 2.24) is 0 Å². The Morgan fingerprint density at radius 3 is 1.96 bits per heavy atom. The Morgan fingerprint density at radius 1 is 0.926 bits per heavy atom. The number of carboxylic acids is 1. The van der Waals surface area contributed by atoms with Gasteiger partial charge < -0.3 is 10.4 Å². The van der Waals surface area contributed by atoms with Crippen LogP contribution in [0.25, 0.3) is 0 Å². The summed E-state index contributed by atoms with van der Waals surface area (Å²) in [6.45, 7) is 0. The lowest BCUT2D eigenvalue weighted by Gasteiger charge is -2.33. The molecule has 2 aliphatic rings. The summed E-state index contributed by atoms with van der Waals surface area (Å²) in [6, 6.07) is 4.51. The number of hydrogen-bond acceptors (Lipinski definition) is 2. The average molecular weight is 533 g/mol.